The largest absolute Gasteiger partial charge is 0.352 e. The van der Waals surface area contributed by atoms with Gasteiger partial charge in [-0.3, -0.25) is 14.4 Å². The first kappa shape index (κ1) is 18.9. The van der Waals surface area contributed by atoms with Gasteiger partial charge in [-0.1, -0.05) is 29.8 Å². The van der Waals surface area contributed by atoms with Crippen molar-refractivity contribution in [2.75, 3.05) is 16.8 Å². The maximum atomic E-state index is 12.4. The zero-order valence-corrected chi connectivity index (χ0v) is 15.6. The van der Waals surface area contributed by atoms with Gasteiger partial charge in [0.25, 0.3) is 0 Å². The summed E-state index contributed by atoms with van der Waals surface area (Å²) in [6, 6.07) is 14.3. The second-order valence-electron chi connectivity index (χ2n) is 6.44. The van der Waals surface area contributed by atoms with Crippen LogP contribution in [0.2, 0.25) is 5.02 Å². The van der Waals surface area contributed by atoms with Crippen LogP contribution in [0.4, 0.5) is 11.4 Å². The number of halogens is 1. The molecule has 0 spiro atoms. The Balaban J connectivity index is 1.60. The van der Waals surface area contributed by atoms with Gasteiger partial charge in [0.15, 0.2) is 0 Å². The Morgan fingerprint density at radius 1 is 1.15 bits per heavy atom. The summed E-state index contributed by atoms with van der Waals surface area (Å²) in [5.74, 6) is -0.828. The third-order valence-electron chi connectivity index (χ3n) is 4.41. The van der Waals surface area contributed by atoms with Gasteiger partial charge < -0.3 is 15.5 Å². The molecule has 1 unspecified atom stereocenters. The third kappa shape index (κ3) is 4.65. The number of nitrogens with zero attached hydrogens (tertiary/aromatic N) is 1. The zero-order chi connectivity index (χ0) is 19.4. The van der Waals surface area contributed by atoms with E-state index in [1.165, 1.54) is 6.92 Å². The van der Waals surface area contributed by atoms with Crippen LogP contribution in [0.5, 0.6) is 0 Å². The number of hydrogen-bond acceptors (Lipinski definition) is 3. The Labute approximate surface area is 162 Å². The topological polar surface area (TPSA) is 78.5 Å². The summed E-state index contributed by atoms with van der Waals surface area (Å²) >= 11 is 6.10. The minimum Gasteiger partial charge on any atom is -0.352 e. The Morgan fingerprint density at radius 3 is 2.52 bits per heavy atom. The summed E-state index contributed by atoms with van der Waals surface area (Å²) in [5, 5.41) is 6.13. The first-order chi connectivity index (χ1) is 12.9. The van der Waals surface area contributed by atoms with Crippen molar-refractivity contribution in [2.24, 2.45) is 5.92 Å². The first-order valence-electron chi connectivity index (χ1n) is 8.63. The van der Waals surface area contributed by atoms with E-state index in [9.17, 15) is 14.4 Å². The maximum Gasteiger partial charge on any atom is 0.227 e. The van der Waals surface area contributed by atoms with Crippen molar-refractivity contribution >= 4 is 40.7 Å². The predicted octanol–water partition coefficient (Wildman–Crippen LogP) is 2.97. The second kappa shape index (κ2) is 8.22. The van der Waals surface area contributed by atoms with E-state index < -0.39 is 5.92 Å². The molecule has 1 fully saturated rings. The van der Waals surface area contributed by atoms with Crippen molar-refractivity contribution in [3.8, 4) is 0 Å². The average Bonchev–Trinajstić information content (AvgIpc) is 3.03. The number of carbonyl (C=O) groups is 3. The Bertz CT molecular complexity index is 867. The van der Waals surface area contributed by atoms with E-state index in [2.05, 4.69) is 10.6 Å². The molecule has 1 saturated heterocycles. The molecule has 6 nitrogen and oxygen atoms in total. The molecule has 0 radical (unpaired) electrons. The molecule has 0 saturated carbocycles. The molecule has 0 aliphatic carbocycles. The van der Waals surface area contributed by atoms with E-state index in [4.69, 9.17) is 11.6 Å². The molecule has 0 bridgehead atoms. The average molecular weight is 386 g/mol. The molecule has 1 heterocycles. The monoisotopic (exact) mass is 385 g/mol. The van der Waals surface area contributed by atoms with Crippen molar-refractivity contribution in [3.05, 3.63) is 59.1 Å². The van der Waals surface area contributed by atoms with Gasteiger partial charge >= 0.3 is 0 Å². The van der Waals surface area contributed by atoms with Gasteiger partial charge in [-0.05, 0) is 35.9 Å². The fraction of sp³-hybridized carbons (Fsp3) is 0.250. The molecule has 140 valence electrons. The van der Waals surface area contributed by atoms with Crippen LogP contribution in [0, 0.1) is 5.92 Å². The van der Waals surface area contributed by atoms with Crippen LogP contribution in [-0.2, 0) is 20.9 Å². The van der Waals surface area contributed by atoms with Gasteiger partial charge in [-0.15, -0.1) is 0 Å². The minimum atomic E-state index is -0.407. The molecule has 3 rings (SSSR count). The maximum absolute atomic E-state index is 12.4. The van der Waals surface area contributed by atoms with Crippen molar-refractivity contribution < 1.29 is 14.4 Å². The van der Waals surface area contributed by atoms with Crippen LogP contribution in [0.15, 0.2) is 48.5 Å². The van der Waals surface area contributed by atoms with E-state index in [1.807, 2.05) is 18.2 Å². The van der Waals surface area contributed by atoms with Crippen molar-refractivity contribution in [2.45, 2.75) is 19.9 Å². The molecule has 7 heteroatoms. The number of carbonyl (C=O) groups excluding carboxylic acids is 3. The number of benzene rings is 2. The summed E-state index contributed by atoms with van der Waals surface area (Å²) in [7, 11) is 0. The summed E-state index contributed by atoms with van der Waals surface area (Å²) in [6.07, 6.45) is 0.168. The van der Waals surface area contributed by atoms with Gasteiger partial charge in [-0.2, -0.15) is 0 Å². The lowest BCUT2D eigenvalue weighted by Gasteiger charge is -2.17. The molecular weight excluding hydrogens is 366 g/mol. The quantitative estimate of drug-likeness (QED) is 0.830. The van der Waals surface area contributed by atoms with E-state index in [1.54, 1.807) is 35.2 Å². The van der Waals surface area contributed by atoms with Gasteiger partial charge in [-0.25, -0.2) is 0 Å². The van der Waals surface area contributed by atoms with Gasteiger partial charge in [0.2, 0.25) is 17.7 Å². The molecule has 2 aromatic carbocycles. The van der Waals surface area contributed by atoms with Crippen LogP contribution in [0.3, 0.4) is 0 Å². The molecule has 27 heavy (non-hydrogen) atoms. The minimum absolute atomic E-state index is 0.0971. The molecule has 3 amide bonds. The molecule has 1 atom stereocenters. The highest BCUT2D eigenvalue weighted by Crippen LogP contribution is 2.26. The summed E-state index contributed by atoms with van der Waals surface area (Å²) in [6.45, 7) is 2.09. The van der Waals surface area contributed by atoms with Gasteiger partial charge in [0.05, 0.1) is 5.92 Å². The van der Waals surface area contributed by atoms with Gasteiger partial charge in [0.1, 0.15) is 0 Å². The Kier molecular flexibility index (Phi) is 5.76. The Hall–Kier alpha value is -2.86. The number of nitrogens with one attached hydrogen (secondary N) is 2. The van der Waals surface area contributed by atoms with E-state index in [0.717, 1.165) is 5.56 Å². The van der Waals surface area contributed by atoms with Crippen LogP contribution in [0.1, 0.15) is 18.9 Å². The highest BCUT2D eigenvalue weighted by Gasteiger charge is 2.35. The molecular formula is C20H20ClN3O3. The molecule has 2 N–H and O–H groups in total. The first-order valence-corrected chi connectivity index (χ1v) is 9.01. The lowest BCUT2D eigenvalue weighted by atomic mass is 10.1. The van der Waals surface area contributed by atoms with Gasteiger partial charge in [0, 0.05) is 42.8 Å². The zero-order valence-electron chi connectivity index (χ0n) is 14.9. The number of amides is 3. The molecule has 0 aromatic heterocycles. The predicted molar refractivity (Wildman–Crippen MR) is 105 cm³/mol. The van der Waals surface area contributed by atoms with Crippen molar-refractivity contribution in [1.29, 1.82) is 0 Å². The molecule has 1 aliphatic rings. The molecule has 2 aromatic rings. The lowest BCUT2D eigenvalue weighted by Crippen LogP contribution is -2.32. The molecule has 1 aliphatic heterocycles. The highest BCUT2D eigenvalue weighted by atomic mass is 35.5. The van der Waals surface area contributed by atoms with Crippen molar-refractivity contribution in [3.63, 3.8) is 0 Å². The van der Waals surface area contributed by atoms with Crippen LogP contribution in [0.25, 0.3) is 0 Å². The fourth-order valence-electron chi connectivity index (χ4n) is 3.03. The van der Waals surface area contributed by atoms with Crippen LogP contribution >= 0.6 is 11.6 Å². The number of hydrogen-bond donors (Lipinski definition) is 2. The SMILES string of the molecule is CC(=O)Nc1ccc(N2CC(C(=O)NCc3ccccc3Cl)CC2=O)cc1. The third-order valence-corrected chi connectivity index (χ3v) is 4.77. The van der Waals surface area contributed by atoms with Crippen LogP contribution in [-0.4, -0.2) is 24.3 Å². The standard InChI is InChI=1S/C20H20ClN3O3/c1-13(25)23-16-6-8-17(9-7-16)24-12-15(10-19(24)26)20(27)22-11-14-4-2-3-5-18(14)21/h2-9,15H,10-12H2,1H3,(H,22,27)(H,23,25). The summed E-state index contributed by atoms with van der Waals surface area (Å²) in [4.78, 5) is 37.5. The summed E-state index contributed by atoms with van der Waals surface area (Å²) < 4.78 is 0. The number of rotatable bonds is 5. The van der Waals surface area contributed by atoms with E-state index >= 15 is 0 Å². The normalized spacial score (nSPS) is 16.3. The number of anilines is 2. The smallest absolute Gasteiger partial charge is 0.227 e. The van der Waals surface area contributed by atoms with Crippen molar-refractivity contribution in [1.82, 2.24) is 5.32 Å². The highest BCUT2D eigenvalue weighted by molar-refractivity contribution is 6.31. The summed E-state index contributed by atoms with van der Waals surface area (Å²) in [5.41, 5.74) is 2.20. The second-order valence-corrected chi connectivity index (χ2v) is 6.85. The van der Waals surface area contributed by atoms with E-state index in [0.29, 0.717) is 29.5 Å². The Morgan fingerprint density at radius 2 is 1.85 bits per heavy atom. The van der Waals surface area contributed by atoms with E-state index in [-0.39, 0.29) is 24.1 Å². The fourth-order valence-corrected chi connectivity index (χ4v) is 3.23. The van der Waals surface area contributed by atoms with Crippen LogP contribution < -0.4 is 15.5 Å². The lowest BCUT2D eigenvalue weighted by molar-refractivity contribution is -0.126.